The summed E-state index contributed by atoms with van der Waals surface area (Å²) in [7, 11) is -2.41. The Kier molecular flexibility index (Phi) is 6.97. The van der Waals surface area contributed by atoms with Gasteiger partial charge in [-0.2, -0.15) is 0 Å². The van der Waals surface area contributed by atoms with Crippen LogP contribution in [-0.4, -0.2) is 39.7 Å². The Balaban J connectivity index is 1.80. The zero-order valence-electron chi connectivity index (χ0n) is 19.2. The number of rotatable bonds is 3. The van der Waals surface area contributed by atoms with E-state index < -0.39 is 21.4 Å². The Morgan fingerprint density at radius 3 is 2.85 bits per heavy atom. The Labute approximate surface area is 197 Å². The lowest BCUT2D eigenvalue weighted by Crippen LogP contribution is -2.17. The van der Waals surface area contributed by atoms with Crippen LogP contribution in [0.5, 0.6) is 11.5 Å². The van der Waals surface area contributed by atoms with Crippen molar-refractivity contribution in [3.63, 3.8) is 0 Å². The third-order valence-electron chi connectivity index (χ3n) is 5.12. The average molecular weight is 489 g/mol. The van der Waals surface area contributed by atoms with Crippen molar-refractivity contribution in [3.8, 4) is 22.8 Å². The molecule has 180 valence electrons. The molecule has 4 bridgehead atoms. The third-order valence-corrected chi connectivity index (χ3v) is 6.79. The number of halogens is 2. The largest absolute Gasteiger partial charge is 0.493 e. The van der Waals surface area contributed by atoms with Crippen molar-refractivity contribution in [2.45, 2.75) is 32.1 Å². The minimum absolute atomic E-state index is 0.0106. The summed E-state index contributed by atoms with van der Waals surface area (Å²) in [6.07, 6.45) is 2.93. The van der Waals surface area contributed by atoms with Crippen LogP contribution in [0.2, 0.25) is 0 Å². The first-order chi connectivity index (χ1) is 16.2. The molecule has 1 aliphatic heterocycles. The molecule has 0 radical (unpaired) electrons. The molecule has 0 amide bonds. The van der Waals surface area contributed by atoms with Crippen molar-refractivity contribution in [1.29, 1.82) is 0 Å². The standard InChI is InChI=1S/C24H26F2N4O3S/c1-4-28-34(3,31)14-16-9-18-12-19(10-16)33-15(2)7-8-32-22-11-17(25)5-6-20(22)23-21(26)13-27-24(29-18)30-23/h5-6,9-13,15H,4,7-8,14H2,1-3H3,(H,27,29,30). The van der Waals surface area contributed by atoms with Gasteiger partial charge in [-0.1, -0.05) is 0 Å². The summed E-state index contributed by atoms with van der Waals surface area (Å²) in [5.74, 6) is -0.0288. The monoisotopic (exact) mass is 488 g/mol. The van der Waals surface area contributed by atoms with Gasteiger partial charge in [0.05, 0.1) is 24.7 Å². The zero-order chi connectivity index (χ0) is 24.3. The molecule has 0 spiro atoms. The maximum absolute atomic E-state index is 14.7. The first-order valence-corrected chi connectivity index (χ1v) is 13.0. The topological polar surface area (TPSA) is 85.7 Å². The maximum Gasteiger partial charge on any atom is 0.227 e. The van der Waals surface area contributed by atoms with Crippen LogP contribution in [0.1, 0.15) is 25.8 Å². The number of benzene rings is 2. The molecule has 3 aromatic rings. The lowest BCUT2D eigenvalue weighted by atomic mass is 10.1. The SMILES string of the molecule is CCN=S(C)(=O)Cc1cc2cc(c1)OC(C)CCOc1cc(F)ccc1-c1nc(ncc1F)N2. The van der Waals surface area contributed by atoms with Crippen LogP contribution in [0.4, 0.5) is 20.4 Å². The number of ether oxygens (including phenoxy) is 2. The smallest absolute Gasteiger partial charge is 0.227 e. The summed E-state index contributed by atoms with van der Waals surface area (Å²) in [6, 6.07) is 9.28. The van der Waals surface area contributed by atoms with Crippen LogP contribution in [0.15, 0.2) is 47.0 Å². The molecule has 2 heterocycles. The Morgan fingerprint density at radius 2 is 2.06 bits per heavy atom. The van der Waals surface area contributed by atoms with Crippen LogP contribution < -0.4 is 14.8 Å². The van der Waals surface area contributed by atoms with E-state index in [1.54, 1.807) is 12.3 Å². The Hall–Kier alpha value is -3.27. The van der Waals surface area contributed by atoms with Crippen molar-refractivity contribution >= 4 is 21.4 Å². The number of hydrogen-bond donors (Lipinski definition) is 1. The van der Waals surface area contributed by atoms with Crippen LogP contribution in [0, 0.1) is 11.6 Å². The van der Waals surface area contributed by atoms with E-state index in [4.69, 9.17) is 9.47 Å². The van der Waals surface area contributed by atoms with E-state index in [9.17, 15) is 13.0 Å². The molecule has 2 aromatic carbocycles. The molecule has 0 saturated heterocycles. The number of nitrogens with zero attached hydrogens (tertiary/aromatic N) is 3. The fraction of sp³-hybridized carbons (Fsp3) is 0.333. The number of nitrogens with one attached hydrogen (secondary N) is 1. The molecule has 0 fully saturated rings. The van der Waals surface area contributed by atoms with E-state index in [2.05, 4.69) is 19.6 Å². The van der Waals surface area contributed by atoms with Crippen molar-refractivity contribution in [1.82, 2.24) is 9.97 Å². The first-order valence-electron chi connectivity index (χ1n) is 10.9. The highest BCUT2D eigenvalue weighted by Crippen LogP contribution is 2.33. The van der Waals surface area contributed by atoms with Crippen molar-refractivity contribution < 1.29 is 22.5 Å². The molecule has 0 aliphatic carbocycles. The van der Waals surface area contributed by atoms with Crippen LogP contribution in [0.3, 0.4) is 0 Å². The number of aromatic nitrogens is 2. The van der Waals surface area contributed by atoms with Crippen LogP contribution in [-0.2, 0) is 15.5 Å². The van der Waals surface area contributed by atoms with Gasteiger partial charge in [-0.3, -0.25) is 0 Å². The van der Waals surface area contributed by atoms with Gasteiger partial charge in [0.15, 0.2) is 5.82 Å². The quantitative estimate of drug-likeness (QED) is 0.536. The van der Waals surface area contributed by atoms with Gasteiger partial charge in [-0.15, -0.1) is 0 Å². The second-order valence-electron chi connectivity index (χ2n) is 8.14. The Bertz CT molecular complexity index is 1330. The van der Waals surface area contributed by atoms with Crippen molar-refractivity contribution in [2.75, 3.05) is 24.7 Å². The number of fused-ring (bicyclic) bond motifs is 6. The lowest BCUT2D eigenvalue weighted by molar-refractivity contribution is 0.177. The Morgan fingerprint density at radius 1 is 1.24 bits per heavy atom. The molecule has 7 nitrogen and oxygen atoms in total. The highest BCUT2D eigenvalue weighted by Gasteiger charge is 2.18. The van der Waals surface area contributed by atoms with E-state index in [0.717, 1.165) is 11.8 Å². The van der Waals surface area contributed by atoms with E-state index in [1.807, 2.05) is 26.0 Å². The van der Waals surface area contributed by atoms with Gasteiger partial charge in [0.1, 0.15) is 23.0 Å². The molecule has 1 aromatic heterocycles. The van der Waals surface area contributed by atoms with E-state index in [1.165, 1.54) is 18.2 Å². The maximum atomic E-state index is 14.7. The van der Waals surface area contributed by atoms with Crippen molar-refractivity contribution in [2.24, 2.45) is 4.36 Å². The molecule has 2 atom stereocenters. The lowest BCUT2D eigenvalue weighted by Gasteiger charge is -2.19. The fourth-order valence-electron chi connectivity index (χ4n) is 3.69. The minimum Gasteiger partial charge on any atom is -0.493 e. The normalized spacial score (nSPS) is 17.1. The van der Waals surface area contributed by atoms with Gasteiger partial charge in [0, 0.05) is 52.3 Å². The molecule has 1 aliphatic rings. The van der Waals surface area contributed by atoms with Gasteiger partial charge in [0.2, 0.25) is 5.95 Å². The summed E-state index contributed by atoms with van der Waals surface area (Å²) in [6.45, 7) is 4.42. The van der Waals surface area contributed by atoms with Gasteiger partial charge >= 0.3 is 0 Å². The van der Waals surface area contributed by atoms with E-state index in [-0.39, 0.29) is 35.9 Å². The van der Waals surface area contributed by atoms with Crippen LogP contribution in [0.25, 0.3) is 11.3 Å². The van der Waals surface area contributed by atoms with Crippen LogP contribution >= 0.6 is 0 Å². The summed E-state index contributed by atoms with van der Waals surface area (Å²) < 4.78 is 57.5. The fourth-order valence-corrected chi connectivity index (χ4v) is 5.12. The second kappa shape index (κ2) is 9.92. The molecule has 0 saturated carbocycles. The first kappa shape index (κ1) is 23.9. The third kappa shape index (κ3) is 5.80. The van der Waals surface area contributed by atoms with Gasteiger partial charge < -0.3 is 14.8 Å². The summed E-state index contributed by atoms with van der Waals surface area (Å²) in [4.78, 5) is 8.36. The number of anilines is 2. The molecular weight excluding hydrogens is 462 g/mol. The molecule has 10 heteroatoms. The predicted octanol–water partition coefficient (Wildman–Crippen LogP) is 5.33. The summed E-state index contributed by atoms with van der Waals surface area (Å²) in [5, 5.41) is 3.07. The van der Waals surface area contributed by atoms with Gasteiger partial charge in [-0.25, -0.2) is 27.3 Å². The van der Waals surface area contributed by atoms with Gasteiger partial charge in [-0.05, 0) is 43.7 Å². The van der Waals surface area contributed by atoms with Crippen molar-refractivity contribution in [3.05, 3.63) is 59.8 Å². The molecule has 34 heavy (non-hydrogen) atoms. The molecule has 2 unspecified atom stereocenters. The summed E-state index contributed by atoms with van der Waals surface area (Å²) >= 11 is 0. The molecule has 4 rings (SSSR count). The molecule has 1 N–H and O–H groups in total. The van der Waals surface area contributed by atoms with Gasteiger partial charge in [0.25, 0.3) is 0 Å². The predicted molar refractivity (Wildman–Crippen MR) is 128 cm³/mol. The minimum atomic E-state index is -2.41. The second-order valence-corrected chi connectivity index (χ2v) is 10.6. The highest BCUT2D eigenvalue weighted by molar-refractivity contribution is 7.92. The molecular formula is C24H26F2N4O3S. The zero-order valence-corrected chi connectivity index (χ0v) is 20.0. The van der Waals surface area contributed by atoms with E-state index >= 15 is 0 Å². The number of hydrogen-bond acceptors (Lipinski definition) is 7. The highest BCUT2D eigenvalue weighted by atomic mass is 32.2. The van der Waals surface area contributed by atoms with E-state index in [0.29, 0.717) is 30.0 Å². The summed E-state index contributed by atoms with van der Waals surface area (Å²) in [5.41, 5.74) is 1.67. The average Bonchev–Trinajstić information content (AvgIpc) is 2.74.